The quantitative estimate of drug-likeness (QED) is 0.530. The van der Waals surface area contributed by atoms with Gasteiger partial charge in [-0.15, -0.1) is 0 Å². The molecule has 0 bridgehead atoms. The molecule has 0 saturated carbocycles. The average Bonchev–Trinajstić information content (AvgIpc) is 3.05. The Balaban J connectivity index is 1.79. The molecule has 4 rings (SSSR count). The highest BCUT2D eigenvalue weighted by Crippen LogP contribution is 2.26. The molecule has 4 aromatic rings. The summed E-state index contributed by atoms with van der Waals surface area (Å²) in [6, 6.07) is 18.3. The second kappa shape index (κ2) is 7.52. The molecule has 0 aliphatic carbocycles. The first-order chi connectivity index (χ1) is 13.5. The number of benzene rings is 2. The molecule has 28 heavy (non-hydrogen) atoms. The van der Waals surface area contributed by atoms with Crippen LogP contribution in [-0.2, 0) is 19.3 Å². The third-order valence-electron chi connectivity index (χ3n) is 4.64. The Kier molecular flexibility index (Phi) is 4.92. The Morgan fingerprint density at radius 3 is 2.43 bits per heavy atom. The number of thioether (sulfide) groups is 1. The number of nitrogens with zero attached hydrogens (tertiary/aromatic N) is 3. The molecule has 0 radical (unpaired) electrons. The van der Waals surface area contributed by atoms with Gasteiger partial charge in [-0.1, -0.05) is 71.9 Å². The zero-order valence-corrected chi connectivity index (χ0v) is 16.5. The molecular formula is C21H20N4O2S. The van der Waals surface area contributed by atoms with Gasteiger partial charge in [0.15, 0.2) is 16.3 Å². The number of aryl methyl sites for hydroxylation is 2. The summed E-state index contributed by atoms with van der Waals surface area (Å²) < 4.78 is 3.27. The van der Waals surface area contributed by atoms with Crippen molar-refractivity contribution in [2.24, 2.45) is 7.05 Å². The fraction of sp³-hybridized carbons (Fsp3) is 0.190. The number of nitrogens with one attached hydrogen (secondary N) is 1. The Hall–Kier alpha value is -3.06. The second-order valence-corrected chi connectivity index (χ2v) is 7.67. The Morgan fingerprint density at radius 1 is 1.00 bits per heavy atom. The molecule has 0 fully saturated rings. The number of fused-ring (bicyclic) bond motifs is 1. The summed E-state index contributed by atoms with van der Waals surface area (Å²) in [5.74, 6) is 0.726. The molecule has 1 N–H and O–H groups in total. The van der Waals surface area contributed by atoms with Crippen LogP contribution in [0.2, 0.25) is 0 Å². The maximum absolute atomic E-state index is 12.5. The minimum Gasteiger partial charge on any atom is -0.309 e. The van der Waals surface area contributed by atoms with Crippen LogP contribution in [0.3, 0.4) is 0 Å². The van der Waals surface area contributed by atoms with E-state index in [-0.39, 0.29) is 0 Å². The van der Waals surface area contributed by atoms with Crippen molar-refractivity contribution in [3.05, 3.63) is 92.1 Å². The van der Waals surface area contributed by atoms with E-state index in [0.717, 1.165) is 11.3 Å². The van der Waals surface area contributed by atoms with Crippen LogP contribution >= 0.6 is 11.8 Å². The summed E-state index contributed by atoms with van der Waals surface area (Å²) in [6.07, 6.45) is 0. The molecule has 0 atom stereocenters. The SMILES string of the molecule is Cc1ccc(CSc2nc3c(c(=O)[nH]c(=O)n3C)n2Cc2ccccc2)cc1. The molecule has 2 aromatic carbocycles. The summed E-state index contributed by atoms with van der Waals surface area (Å²) in [5, 5.41) is 0.714. The smallest absolute Gasteiger partial charge is 0.309 e. The van der Waals surface area contributed by atoms with Crippen LogP contribution in [-0.4, -0.2) is 19.1 Å². The molecule has 0 unspecified atom stereocenters. The predicted molar refractivity (Wildman–Crippen MR) is 112 cm³/mol. The zero-order chi connectivity index (χ0) is 19.7. The van der Waals surface area contributed by atoms with E-state index in [1.807, 2.05) is 34.9 Å². The number of H-pyrrole nitrogens is 1. The molecule has 2 aromatic heterocycles. The van der Waals surface area contributed by atoms with E-state index in [1.54, 1.807) is 18.8 Å². The lowest BCUT2D eigenvalue weighted by atomic mass is 10.2. The van der Waals surface area contributed by atoms with Crippen LogP contribution < -0.4 is 11.2 Å². The number of aromatic amines is 1. The summed E-state index contributed by atoms with van der Waals surface area (Å²) in [7, 11) is 1.62. The fourth-order valence-electron chi connectivity index (χ4n) is 3.07. The van der Waals surface area contributed by atoms with Gasteiger partial charge in [0.25, 0.3) is 5.56 Å². The molecule has 0 spiro atoms. The maximum Gasteiger partial charge on any atom is 0.329 e. The van der Waals surface area contributed by atoms with Crippen LogP contribution in [0.25, 0.3) is 11.2 Å². The Morgan fingerprint density at radius 2 is 1.71 bits per heavy atom. The zero-order valence-electron chi connectivity index (χ0n) is 15.7. The van der Waals surface area contributed by atoms with Crippen LogP contribution in [0.4, 0.5) is 0 Å². The number of hydrogen-bond donors (Lipinski definition) is 1. The van der Waals surface area contributed by atoms with Crippen molar-refractivity contribution in [1.82, 2.24) is 19.1 Å². The third-order valence-corrected chi connectivity index (χ3v) is 5.69. The van der Waals surface area contributed by atoms with E-state index >= 15 is 0 Å². The minimum absolute atomic E-state index is 0.399. The van der Waals surface area contributed by atoms with Gasteiger partial charge in [0, 0.05) is 12.8 Å². The van der Waals surface area contributed by atoms with Crippen LogP contribution in [0, 0.1) is 6.92 Å². The van der Waals surface area contributed by atoms with Gasteiger partial charge in [0.2, 0.25) is 0 Å². The molecule has 7 heteroatoms. The van der Waals surface area contributed by atoms with Crippen molar-refractivity contribution in [1.29, 1.82) is 0 Å². The highest BCUT2D eigenvalue weighted by Gasteiger charge is 2.18. The van der Waals surface area contributed by atoms with Gasteiger partial charge in [-0.25, -0.2) is 9.78 Å². The van der Waals surface area contributed by atoms with Crippen molar-refractivity contribution in [3.63, 3.8) is 0 Å². The number of aromatic nitrogens is 4. The fourth-order valence-corrected chi connectivity index (χ4v) is 4.02. The standard InChI is InChI=1S/C21H20N4O2S/c1-14-8-10-16(11-9-14)13-28-21-22-18-17(19(26)23-20(27)24(18)2)25(21)12-15-6-4-3-5-7-15/h3-11H,12-13H2,1-2H3,(H,23,26,27). The lowest BCUT2D eigenvalue weighted by molar-refractivity contribution is 0.728. The van der Waals surface area contributed by atoms with Crippen LogP contribution in [0.5, 0.6) is 0 Å². The monoisotopic (exact) mass is 392 g/mol. The van der Waals surface area contributed by atoms with Crippen LogP contribution in [0.15, 0.2) is 69.3 Å². The summed E-state index contributed by atoms with van der Waals surface area (Å²) in [4.78, 5) is 31.6. The molecule has 0 saturated heterocycles. The molecule has 2 heterocycles. The second-order valence-electron chi connectivity index (χ2n) is 6.73. The lowest BCUT2D eigenvalue weighted by Crippen LogP contribution is -2.29. The summed E-state index contributed by atoms with van der Waals surface area (Å²) in [5.41, 5.74) is 3.39. The Bertz CT molecular complexity index is 1240. The van der Waals surface area contributed by atoms with Gasteiger partial charge in [-0.05, 0) is 18.1 Å². The van der Waals surface area contributed by atoms with Gasteiger partial charge in [0.05, 0.1) is 6.54 Å². The predicted octanol–water partition coefficient (Wildman–Crippen LogP) is 3.07. The first-order valence-electron chi connectivity index (χ1n) is 8.95. The number of rotatable bonds is 5. The Labute approximate surface area is 165 Å². The summed E-state index contributed by atoms with van der Waals surface area (Å²) >= 11 is 1.56. The molecule has 0 amide bonds. The maximum atomic E-state index is 12.5. The first-order valence-corrected chi connectivity index (χ1v) is 9.93. The van der Waals surface area contributed by atoms with E-state index in [0.29, 0.717) is 22.9 Å². The van der Waals surface area contributed by atoms with Crippen molar-refractivity contribution in [3.8, 4) is 0 Å². The van der Waals surface area contributed by atoms with Crippen molar-refractivity contribution < 1.29 is 0 Å². The largest absolute Gasteiger partial charge is 0.329 e. The van der Waals surface area contributed by atoms with Crippen molar-refractivity contribution >= 4 is 22.9 Å². The minimum atomic E-state index is -0.461. The van der Waals surface area contributed by atoms with E-state index in [9.17, 15) is 9.59 Å². The van der Waals surface area contributed by atoms with Crippen molar-refractivity contribution in [2.75, 3.05) is 0 Å². The van der Waals surface area contributed by atoms with Gasteiger partial charge >= 0.3 is 5.69 Å². The van der Waals surface area contributed by atoms with Gasteiger partial charge < -0.3 is 4.57 Å². The van der Waals surface area contributed by atoms with Gasteiger partial charge in [-0.2, -0.15) is 0 Å². The van der Waals surface area contributed by atoms with E-state index in [4.69, 9.17) is 0 Å². The third kappa shape index (κ3) is 3.53. The molecular weight excluding hydrogens is 372 g/mol. The highest BCUT2D eigenvalue weighted by atomic mass is 32.2. The highest BCUT2D eigenvalue weighted by molar-refractivity contribution is 7.98. The normalized spacial score (nSPS) is 11.2. The van der Waals surface area contributed by atoms with Crippen LogP contribution in [0.1, 0.15) is 16.7 Å². The molecule has 0 aliphatic rings. The molecule has 6 nitrogen and oxygen atoms in total. The summed E-state index contributed by atoms with van der Waals surface area (Å²) in [6.45, 7) is 2.57. The number of hydrogen-bond acceptors (Lipinski definition) is 4. The topological polar surface area (TPSA) is 72.7 Å². The van der Waals surface area contributed by atoms with Gasteiger partial charge in [-0.3, -0.25) is 14.3 Å². The van der Waals surface area contributed by atoms with Gasteiger partial charge in [0.1, 0.15) is 0 Å². The lowest BCUT2D eigenvalue weighted by Gasteiger charge is -2.09. The van der Waals surface area contributed by atoms with E-state index < -0.39 is 11.2 Å². The molecule has 142 valence electrons. The first kappa shape index (κ1) is 18.3. The van der Waals surface area contributed by atoms with E-state index in [1.165, 1.54) is 15.7 Å². The molecule has 0 aliphatic heterocycles. The van der Waals surface area contributed by atoms with E-state index in [2.05, 4.69) is 41.2 Å². The van der Waals surface area contributed by atoms with Crippen molar-refractivity contribution in [2.45, 2.75) is 24.4 Å². The number of imidazole rings is 1. The average molecular weight is 392 g/mol.